The van der Waals surface area contributed by atoms with Crippen molar-refractivity contribution in [3.63, 3.8) is 0 Å². The molecule has 0 radical (unpaired) electrons. The number of hydrogen-bond donors (Lipinski definition) is 2. The molecule has 3 N–H and O–H groups in total. The van der Waals surface area contributed by atoms with Crippen molar-refractivity contribution in [1.82, 2.24) is 5.32 Å². The lowest BCUT2D eigenvalue weighted by molar-refractivity contribution is -0.123. The highest BCUT2D eigenvalue weighted by Gasteiger charge is 2.30. The average molecular weight is 228 g/mol. The zero-order valence-corrected chi connectivity index (χ0v) is 10.4. The Balaban J connectivity index is 2.20. The maximum absolute atomic E-state index is 11.7. The molecule has 94 valence electrons. The highest BCUT2D eigenvalue weighted by molar-refractivity contribution is 5.76. The summed E-state index contributed by atoms with van der Waals surface area (Å²) < 4.78 is 5.29. The van der Waals surface area contributed by atoms with Gasteiger partial charge in [0.15, 0.2) is 0 Å². The van der Waals surface area contributed by atoms with Crippen LogP contribution in [0.25, 0.3) is 0 Å². The van der Waals surface area contributed by atoms with Gasteiger partial charge in [-0.3, -0.25) is 4.79 Å². The zero-order valence-electron chi connectivity index (χ0n) is 10.4. The molecule has 0 saturated carbocycles. The van der Waals surface area contributed by atoms with E-state index in [0.29, 0.717) is 25.5 Å². The molecule has 0 spiro atoms. The molecule has 1 saturated heterocycles. The third-order valence-corrected chi connectivity index (χ3v) is 3.18. The number of nitrogens with one attached hydrogen (secondary N) is 1. The van der Waals surface area contributed by atoms with E-state index in [0.717, 1.165) is 25.9 Å². The first-order chi connectivity index (χ1) is 7.56. The highest BCUT2D eigenvalue weighted by atomic mass is 16.5. The van der Waals surface area contributed by atoms with E-state index in [-0.39, 0.29) is 11.4 Å². The van der Waals surface area contributed by atoms with Crippen LogP contribution >= 0.6 is 0 Å². The summed E-state index contributed by atoms with van der Waals surface area (Å²) in [5, 5.41) is 3.06. The molecular formula is C12H24N2O2. The minimum absolute atomic E-state index is 0.136. The van der Waals surface area contributed by atoms with Gasteiger partial charge in [-0.05, 0) is 38.6 Å². The maximum atomic E-state index is 11.7. The fourth-order valence-corrected chi connectivity index (χ4v) is 1.97. The number of amides is 1. The summed E-state index contributed by atoms with van der Waals surface area (Å²) in [5.74, 6) is 0.667. The van der Waals surface area contributed by atoms with Crippen molar-refractivity contribution in [2.24, 2.45) is 11.7 Å². The maximum Gasteiger partial charge on any atom is 0.220 e. The van der Waals surface area contributed by atoms with E-state index in [1.165, 1.54) is 0 Å². The zero-order chi connectivity index (χ0) is 12.0. The normalized spacial score (nSPS) is 26.7. The van der Waals surface area contributed by atoms with E-state index < -0.39 is 0 Å². The van der Waals surface area contributed by atoms with Crippen molar-refractivity contribution in [3.8, 4) is 0 Å². The first-order valence-electron chi connectivity index (χ1n) is 6.14. The van der Waals surface area contributed by atoms with Crippen molar-refractivity contribution >= 4 is 5.91 Å². The standard InChI is InChI=1S/C12H24N2O2/c1-10(5-7-13)3-4-11(15)14-12(2)6-8-16-9-12/h10H,3-9,13H2,1-2H3,(H,14,15). The van der Waals surface area contributed by atoms with Crippen molar-refractivity contribution in [1.29, 1.82) is 0 Å². The second kappa shape index (κ2) is 6.21. The van der Waals surface area contributed by atoms with Crippen LogP contribution in [0.5, 0.6) is 0 Å². The van der Waals surface area contributed by atoms with Crippen LogP contribution in [0.2, 0.25) is 0 Å². The lowest BCUT2D eigenvalue weighted by atomic mass is 9.99. The molecule has 1 heterocycles. The van der Waals surface area contributed by atoms with Gasteiger partial charge in [-0.25, -0.2) is 0 Å². The molecule has 2 unspecified atom stereocenters. The van der Waals surface area contributed by atoms with Gasteiger partial charge in [0.05, 0.1) is 12.1 Å². The highest BCUT2D eigenvalue weighted by Crippen LogP contribution is 2.18. The molecule has 1 amide bonds. The van der Waals surface area contributed by atoms with Crippen LogP contribution in [0, 0.1) is 5.92 Å². The summed E-state index contributed by atoms with van der Waals surface area (Å²) in [4.78, 5) is 11.7. The summed E-state index contributed by atoms with van der Waals surface area (Å²) in [5.41, 5.74) is 5.33. The first kappa shape index (κ1) is 13.5. The summed E-state index contributed by atoms with van der Waals surface area (Å²) in [7, 11) is 0. The molecule has 1 rings (SSSR count). The molecule has 0 aromatic rings. The number of carbonyl (C=O) groups excluding carboxylic acids is 1. The first-order valence-corrected chi connectivity index (χ1v) is 6.14. The smallest absolute Gasteiger partial charge is 0.220 e. The monoisotopic (exact) mass is 228 g/mol. The van der Waals surface area contributed by atoms with Gasteiger partial charge in [0, 0.05) is 13.0 Å². The van der Waals surface area contributed by atoms with Gasteiger partial charge >= 0.3 is 0 Å². The van der Waals surface area contributed by atoms with Gasteiger partial charge in [0.25, 0.3) is 0 Å². The molecule has 1 aliphatic rings. The third-order valence-electron chi connectivity index (χ3n) is 3.18. The van der Waals surface area contributed by atoms with Gasteiger partial charge in [0.2, 0.25) is 5.91 Å². The van der Waals surface area contributed by atoms with E-state index in [1.54, 1.807) is 0 Å². The Morgan fingerprint density at radius 3 is 2.88 bits per heavy atom. The molecule has 0 aromatic carbocycles. The van der Waals surface area contributed by atoms with Gasteiger partial charge in [-0.15, -0.1) is 0 Å². The second-order valence-electron chi connectivity index (χ2n) is 5.13. The van der Waals surface area contributed by atoms with E-state index in [2.05, 4.69) is 12.2 Å². The SMILES string of the molecule is CC(CCN)CCC(=O)NC1(C)CCOC1. The molecule has 0 bridgehead atoms. The van der Waals surface area contributed by atoms with Crippen LogP contribution in [-0.2, 0) is 9.53 Å². The Morgan fingerprint density at radius 1 is 1.56 bits per heavy atom. The van der Waals surface area contributed by atoms with E-state index in [1.807, 2.05) is 6.92 Å². The lowest BCUT2D eigenvalue weighted by Crippen LogP contribution is -2.46. The summed E-state index contributed by atoms with van der Waals surface area (Å²) >= 11 is 0. The molecule has 1 aliphatic heterocycles. The fourth-order valence-electron chi connectivity index (χ4n) is 1.97. The van der Waals surface area contributed by atoms with E-state index in [4.69, 9.17) is 10.5 Å². The number of carbonyl (C=O) groups is 1. The number of ether oxygens (including phenoxy) is 1. The second-order valence-corrected chi connectivity index (χ2v) is 5.13. The van der Waals surface area contributed by atoms with Crippen LogP contribution < -0.4 is 11.1 Å². The average Bonchev–Trinajstić information content (AvgIpc) is 2.62. The molecule has 0 aromatic heterocycles. The number of rotatable bonds is 6. The lowest BCUT2D eigenvalue weighted by Gasteiger charge is -2.23. The summed E-state index contributed by atoms with van der Waals surface area (Å²) in [6.07, 6.45) is 3.42. The largest absolute Gasteiger partial charge is 0.379 e. The molecule has 16 heavy (non-hydrogen) atoms. The van der Waals surface area contributed by atoms with Crippen molar-refractivity contribution in [2.45, 2.75) is 45.1 Å². The van der Waals surface area contributed by atoms with Gasteiger partial charge in [-0.1, -0.05) is 6.92 Å². The van der Waals surface area contributed by atoms with Crippen molar-refractivity contribution in [2.75, 3.05) is 19.8 Å². The Bertz CT molecular complexity index is 225. The van der Waals surface area contributed by atoms with Crippen LogP contribution in [0.4, 0.5) is 0 Å². The minimum atomic E-state index is -0.145. The predicted octanol–water partition coefficient (Wildman–Crippen LogP) is 1.05. The van der Waals surface area contributed by atoms with E-state index >= 15 is 0 Å². The van der Waals surface area contributed by atoms with E-state index in [9.17, 15) is 4.79 Å². The fraction of sp³-hybridized carbons (Fsp3) is 0.917. The van der Waals surface area contributed by atoms with Crippen molar-refractivity contribution in [3.05, 3.63) is 0 Å². The molecular weight excluding hydrogens is 204 g/mol. The molecule has 0 aliphatic carbocycles. The predicted molar refractivity (Wildman–Crippen MR) is 64.1 cm³/mol. The third kappa shape index (κ3) is 4.49. The molecule has 2 atom stereocenters. The Labute approximate surface area is 97.9 Å². The topological polar surface area (TPSA) is 64.4 Å². The Hall–Kier alpha value is -0.610. The minimum Gasteiger partial charge on any atom is -0.379 e. The van der Waals surface area contributed by atoms with Crippen LogP contribution in [0.15, 0.2) is 0 Å². The Morgan fingerprint density at radius 2 is 2.31 bits per heavy atom. The quantitative estimate of drug-likeness (QED) is 0.714. The van der Waals surface area contributed by atoms with Crippen LogP contribution in [0.1, 0.15) is 39.5 Å². The Kier molecular flexibility index (Phi) is 5.22. The van der Waals surface area contributed by atoms with Gasteiger partial charge in [-0.2, -0.15) is 0 Å². The van der Waals surface area contributed by atoms with Gasteiger partial charge < -0.3 is 15.8 Å². The van der Waals surface area contributed by atoms with Gasteiger partial charge in [0.1, 0.15) is 0 Å². The number of hydrogen-bond acceptors (Lipinski definition) is 3. The molecule has 4 heteroatoms. The van der Waals surface area contributed by atoms with Crippen molar-refractivity contribution < 1.29 is 9.53 Å². The number of nitrogens with two attached hydrogens (primary N) is 1. The van der Waals surface area contributed by atoms with Crippen LogP contribution in [0.3, 0.4) is 0 Å². The summed E-state index contributed by atoms with van der Waals surface area (Å²) in [6, 6.07) is 0. The van der Waals surface area contributed by atoms with Crippen LogP contribution in [-0.4, -0.2) is 31.2 Å². The summed E-state index contributed by atoms with van der Waals surface area (Å²) in [6.45, 7) is 6.27. The molecule has 4 nitrogen and oxygen atoms in total. The molecule has 1 fully saturated rings.